The van der Waals surface area contributed by atoms with E-state index < -0.39 is 47.7 Å². The molecule has 0 aromatic heterocycles. The predicted octanol–water partition coefficient (Wildman–Crippen LogP) is -0.775. The second-order valence-corrected chi connectivity index (χ2v) is 9.51. The Morgan fingerprint density at radius 1 is 0.756 bits per heavy atom. The lowest BCUT2D eigenvalue weighted by Gasteiger charge is -2.24. The zero-order chi connectivity index (χ0) is 29.5. The Labute approximate surface area is 238 Å². The standard InChI is InChI=1S/C29H37N5O7/c1-20(35)32-25-18-31-27(37)23(16-21-8-4-2-5-9-21)34-29(39)24(17-22-10-6-3-7-11-22)33-26(36)19-41-15-14-40-13-12-30-28(25)38/h2-11,23-25H,12-19H2,1H3,(H,30,38)(H,31,37)(H,32,35)(H,33,36)(H,34,39)/t23-,24-,25-/m0/s1. The highest BCUT2D eigenvalue weighted by atomic mass is 16.5. The zero-order valence-electron chi connectivity index (χ0n) is 23.0. The highest BCUT2D eigenvalue weighted by molar-refractivity contribution is 5.93. The maximum atomic E-state index is 13.5. The molecule has 1 saturated heterocycles. The van der Waals surface area contributed by atoms with Crippen molar-refractivity contribution in [3.63, 3.8) is 0 Å². The number of carbonyl (C=O) groups excluding carboxylic acids is 5. The van der Waals surface area contributed by atoms with Gasteiger partial charge in [-0.1, -0.05) is 60.7 Å². The lowest BCUT2D eigenvalue weighted by atomic mass is 10.0. The van der Waals surface area contributed by atoms with Gasteiger partial charge in [0.15, 0.2) is 0 Å². The van der Waals surface area contributed by atoms with E-state index in [0.29, 0.717) is 0 Å². The summed E-state index contributed by atoms with van der Waals surface area (Å²) in [6.45, 7) is 1.43. The fourth-order valence-electron chi connectivity index (χ4n) is 4.16. The highest BCUT2D eigenvalue weighted by Gasteiger charge is 2.29. The normalized spacial score (nSPS) is 22.0. The van der Waals surface area contributed by atoms with Crippen molar-refractivity contribution in [2.45, 2.75) is 37.9 Å². The minimum absolute atomic E-state index is 0.128. The van der Waals surface area contributed by atoms with Crippen LogP contribution in [0.3, 0.4) is 0 Å². The van der Waals surface area contributed by atoms with Crippen LogP contribution in [0.5, 0.6) is 0 Å². The summed E-state index contributed by atoms with van der Waals surface area (Å²) < 4.78 is 10.8. The largest absolute Gasteiger partial charge is 0.377 e. The Kier molecular flexibility index (Phi) is 12.7. The van der Waals surface area contributed by atoms with Gasteiger partial charge in [-0.05, 0) is 11.1 Å². The quantitative estimate of drug-likeness (QED) is 0.317. The van der Waals surface area contributed by atoms with Crippen molar-refractivity contribution in [1.29, 1.82) is 0 Å². The van der Waals surface area contributed by atoms with Crippen LogP contribution in [0.1, 0.15) is 18.1 Å². The molecule has 0 bridgehead atoms. The molecule has 5 N–H and O–H groups in total. The number of carbonyl (C=O) groups is 5. The maximum Gasteiger partial charge on any atom is 0.246 e. The summed E-state index contributed by atoms with van der Waals surface area (Å²) in [5, 5.41) is 13.4. The van der Waals surface area contributed by atoms with E-state index in [1.54, 1.807) is 0 Å². The molecule has 220 valence electrons. The molecule has 1 fully saturated rings. The van der Waals surface area contributed by atoms with Crippen LogP contribution in [-0.4, -0.2) is 87.2 Å². The molecule has 1 aliphatic heterocycles. The molecule has 2 aromatic rings. The average molecular weight is 568 g/mol. The van der Waals surface area contributed by atoms with Crippen molar-refractivity contribution in [3.05, 3.63) is 71.8 Å². The van der Waals surface area contributed by atoms with Gasteiger partial charge >= 0.3 is 0 Å². The number of hydrogen-bond donors (Lipinski definition) is 5. The van der Waals surface area contributed by atoms with Gasteiger partial charge in [-0.25, -0.2) is 0 Å². The van der Waals surface area contributed by atoms with Crippen LogP contribution in [0, 0.1) is 0 Å². The van der Waals surface area contributed by atoms with Gasteiger partial charge in [-0.2, -0.15) is 0 Å². The summed E-state index contributed by atoms with van der Waals surface area (Å²) in [6, 6.07) is 15.2. The molecular weight excluding hydrogens is 530 g/mol. The first-order valence-corrected chi connectivity index (χ1v) is 13.5. The molecule has 0 saturated carbocycles. The molecule has 1 heterocycles. The first-order chi connectivity index (χ1) is 19.8. The summed E-state index contributed by atoms with van der Waals surface area (Å²) in [4.78, 5) is 64.0. The van der Waals surface area contributed by atoms with Crippen molar-refractivity contribution in [3.8, 4) is 0 Å². The van der Waals surface area contributed by atoms with Crippen LogP contribution in [0.4, 0.5) is 0 Å². The summed E-state index contributed by atoms with van der Waals surface area (Å²) in [6.07, 6.45) is 0.341. The summed E-state index contributed by atoms with van der Waals surface area (Å²) in [7, 11) is 0. The minimum Gasteiger partial charge on any atom is -0.377 e. The topological polar surface area (TPSA) is 164 Å². The molecular formula is C29H37N5O7. The smallest absolute Gasteiger partial charge is 0.246 e. The van der Waals surface area contributed by atoms with E-state index in [2.05, 4.69) is 26.6 Å². The van der Waals surface area contributed by atoms with E-state index in [1.807, 2.05) is 60.7 Å². The second kappa shape index (κ2) is 16.7. The highest BCUT2D eigenvalue weighted by Crippen LogP contribution is 2.07. The third-order valence-corrected chi connectivity index (χ3v) is 6.18. The van der Waals surface area contributed by atoms with Gasteiger partial charge in [0.25, 0.3) is 0 Å². The Bertz CT molecular complexity index is 1160. The molecule has 1 aliphatic rings. The first-order valence-electron chi connectivity index (χ1n) is 13.5. The number of amides is 5. The number of nitrogens with one attached hydrogen (secondary N) is 5. The fraction of sp³-hybridized carbons (Fsp3) is 0.414. The molecule has 5 amide bonds. The molecule has 2 aromatic carbocycles. The fourth-order valence-corrected chi connectivity index (χ4v) is 4.16. The van der Waals surface area contributed by atoms with E-state index in [9.17, 15) is 24.0 Å². The average Bonchev–Trinajstić information content (AvgIpc) is 2.96. The van der Waals surface area contributed by atoms with Crippen LogP contribution in [0.15, 0.2) is 60.7 Å². The minimum atomic E-state index is -1.04. The third-order valence-electron chi connectivity index (χ3n) is 6.18. The van der Waals surface area contributed by atoms with E-state index >= 15 is 0 Å². The Balaban J connectivity index is 1.84. The molecule has 12 heteroatoms. The van der Waals surface area contributed by atoms with Gasteiger partial charge < -0.3 is 36.1 Å². The van der Waals surface area contributed by atoms with Gasteiger partial charge in [0.1, 0.15) is 24.7 Å². The zero-order valence-corrected chi connectivity index (χ0v) is 23.0. The predicted molar refractivity (Wildman–Crippen MR) is 149 cm³/mol. The first kappa shape index (κ1) is 31.2. The van der Waals surface area contributed by atoms with Crippen molar-refractivity contribution in [1.82, 2.24) is 26.6 Å². The number of hydrogen-bond acceptors (Lipinski definition) is 7. The van der Waals surface area contributed by atoms with Crippen LogP contribution >= 0.6 is 0 Å². The van der Waals surface area contributed by atoms with Crippen LogP contribution in [0.2, 0.25) is 0 Å². The Morgan fingerprint density at radius 2 is 1.34 bits per heavy atom. The molecule has 12 nitrogen and oxygen atoms in total. The lowest BCUT2D eigenvalue weighted by Crippen LogP contribution is -2.58. The lowest BCUT2D eigenvalue weighted by molar-refractivity contribution is -0.133. The molecule has 0 spiro atoms. The molecule has 3 atom stereocenters. The van der Waals surface area contributed by atoms with Crippen molar-refractivity contribution in [2.75, 3.05) is 39.5 Å². The Hall–Kier alpha value is -4.29. The van der Waals surface area contributed by atoms with Gasteiger partial charge in [-0.15, -0.1) is 0 Å². The second-order valence-electron chi connectivity index (χ2n) is 9.51. The van der Waals surface area contributed by atoms with E-state index in [4.69, 9.17) is 9.47 Å². The number of rotatable bonds is 5. The third kappa shape index (κ3) is 11.4. The Morgan fingerprint density at radius 3 is 1.95 bits per heavy atom. The molecule has 41 heavy (non-hydrogen) atoms. The molecule has 0 unspecified atom stereocenters. The number of benzene rings is 2. The van der Waals surface area contributed by atoms with Crippen LogP contribution < -0.4 is 26.6 Å². The van der Waals surface area contributed by atoms with Crippen LogP contribution in [0.25, 0.3) is 0 Å². The monoisotopic (exact) mass is 567 g/mol. The van der Waals surface area contributed by atoms with Crippen molar-refractivity contribution < 1.29 is 33.4 Å². The van der Waals surface area contributed by atoms with Gasteiger partial charge in [0.05, 0.1) is 19.8 Å². The summed E-state index contributed by atoms with van der Waals surface area (Å²) in [5.41, 5.74) is 1.61. The van der Waals surface area contributed by atoms with E-state index in [0.717, 1.165) is 11.1 Å². The van der Waals surface area contributed by atoms with Gasteiger partial charge in [0, 0.05) is 32.9 Å². The SMILES string of the molecule is CC(=O)N[C@H]1CNC(=O)[C@H](Cc2ccccc2)NC(=O)[C@H](Cc2ccccc2)NC(=O)COCCOCCNC1=O. The van der Waals surface area contributed by atoms with Crippen molar-refractivity contribution >= 4 is 29.5 Å². The maximum absolute atomic E-state index is 13.5. The summed E-state index contributed by atoms with van der Waals surface area (Å²) in [5.74, 6) is -2.55. The summed E-state index contributed by atoms with van der Waals surface area (Å²) >= 11 is 0. The number of ether oxygens (including phenoxy) is 2. The van der Waals surface area contributed by atoms with Crippen LogP contribution in [-0.2, 0) is 46.3 Å². The van der Waals surface area contributed by atoms with E-state index in [1.165, 1.54) is 6.92 Å². The van der Waals surface area contributed by atoms with E-state index in [-0.39, 0.29) is 52.4 Å². The molecule has 0 radical (unpaired) electrons. The van der Waals surface area contributed by atoms with Gasteiger partial charge in [-0.3, -0.25) is 24.0 Å². The van der Waals surface area contributed by atoms with Crippen molar-refractivity contribution in [2.24, 2.45) is 0 Å². The van der Waals surface area contributed by atoms with Gasteiger partial charge in [0.2, 0.25) is 29.5 Å². The molecule has 0 aliphatic carbocycles. The molecule has 3 rings (SSSR count).